The second kappa shape index (κ2) is 8.91. The number of piperidine rings is 1. The molecule has 30 heavy (non-hydrogen) atoms. The van der Waals surface area contributed by atoms with Gasteiger partial charge < -0.3 is 4.42 Å². The monoisotopic (exact) mass is 444 g/mol. The Morgan fingerprint density at radius 3 is 2.60 bits per heavy atom. The first kappa shape index (κ1) is 21.1. The highest BCUT2D eigenvalue weighted by atomic mass is 32.2. The highest BCUT2D eigenvalue weighted by molar-refractivity contribution is 7.98. The lowest BCUT2D eigenvalue weighted by Gasteiger charge is -2.25. The third-order valence-corrected chi connectivity index (χ3v) is 8.22. The van der Waals surface area contributed by atoms with Crippen LogP contribution in [0.15, 0.2) is 61.7 Å². The topological polar surface area (TPSA) is 80.5 Å². The molecular weight excluding hydrogens is 420 g/mol. The molecule has 0 radical (unpaired) electrons. The van der Waals surface area contributed by atoms with Gasteiger partial charge in [0.15, 0.2) is 0 Å². The van der Waals surface area contributed by atoms with Crippen LogP contribution < -0.4 is 5.63 Å². The Hall–Kier alpha value is -2.16. The van der Waals surface area contributed by atoms with Crippen molar-refractivity contribution in [1.29, 1.82) is 0 Å². The molecule has 2 aromatic heterocycles. The van der Waals surface area contributed by atoms with Gasteiger partial charge in [-0.3, -0.25) is 0 Å². The van der Waals surface area contributed by atoms with E-state index in [0.29, 0.717) is 29.5 Å². The number of hydrogen-bond donors (Lipinski definition) is 0. The molecular formula is C22H24N2O4S2. The minimum Gasteiger partial charge on any atom is -0.423 e. The van der Waals surface area contributed by atoms with Crippen molar-refractivity contribution in [2.75, 3.05) is 13.1 Å². The Labute approximate surface area is 180 Å². The lowest BCUT2D eigenvalue weighted by atomic mass is 10.1. The Morgan fingerprint density at radius 1 is 1.10 bits per heavy atom. The van der Waals surface area contributed by atoms with Crippen molar-refractivity contribution in [3.8, 4) is 0 Å². The summed E-state index contributed by atoms with van der Waals surface area (Å²) in [6.07, 6.45) is 5.18. The fraction of sp³-hybridized carbons (Fsp3) is 0.364. The maximum atomic E-state index is 12.7. The summed E-state index contributed by atoms with van der Waals surface area (Å²) < 4.78 is 32.4. The van der Waals surface area contributed by atoms with E-state index in [1.807, 2.05) is 18.2 Å². The van der Waals surface area contributed by atoms with E-state index >= 15 is 0 Å². The third-order valence-electron chi connectivity index (χ3n) is 5.34. The Balaban J connectivity index is 1.51. The number of nitrogens with zero attached hydrogens (tertiary/aromatic N) is 2. The smallest absolute Gasteiger partial charge is 0.336 e. The summed E-state index contributed by atoms with van der Waals surface area (Å²) in [6.45, 7) is 3.20. The molecule has 0 unspecified atom stereocenters. The minimum atomic E-state index is -3.48. The van der Waals surface area contributed by atoms with Gasteiger partial charge in [-0.25, -0.2) is 18.2 Å². The van der Waals surface area contributed by atoms with E-state index in [-0.39, 0.29) is 10.5 Å². The molecule has 0 bridgehead atoms. The largest absolute Gasteiger partial charge is 0.423 e. The molecule has 3 aromatic rings. The first-order valence-corrected chi connectivity index (χ1v) is 12.5. The van der Waals surface area contributed by atoms with Crippen LogP contribution in [0.2, 0.25) is 0 Å². The molecule has 1 aromatic carbocycles. The van der Waals surface area contributed by atoms with Gasteiger partial charge >= 0.3 is 5.63 Å². The number of sulfonamides is 1. The molecule has 3 heterocycles. The molecule has 1 saturated heterocycles. The molecule has 1 fully saturated rings. The van der Waals surface area contributed by atoms with E-state index < -0.39 is 10.0 Å². The molecule has 8 heteroatoms. The summed E-state index contributed by atoms with van der Waals surface area (Å²) >= 11 is 1.46. The number of aromatic nitrogens is 1. The van der Waals surface area contributed by atoms with Crippen molar-refractivity contribution >= 4 is 32.8 Å². The van der Waals surface area contributed by atoms with Gasteiger partial charge in [-0.2, -0.15) is 4.31 Å². The van der Waals surface area contributed by atoms with Crippen molar-refractivity contribution in [2.45, 2.75) is 48.3 Å². The van der Waals surface area contributed by atoms with E-state index in [1.165, 1.54) is 24.0 Å². The number of pyridine rings is 1. The lowest BCUT2D eigenvalue weighted by molar-refractivity contribution is 0.346. The maximum absolute atomic E-state index is 12.7. The highest BCUT2D eigenvalue weighted by Crippen LogP contribution is 2.27. The first-order valence-electron chi connectivity index (χ1n) is 10.1. The second-order valence-corrected chi connectivity index (χ2v) is 10.3. The number of fused-ring (bicyclic) bond motifs is 1. The molecule has 0 amide bonds. The molecule has 0 saturated carbocycles. The van der Waals surface area contributed by atoms with E-state index in [1.54, 1.807) is 16.4 Å². The quantitative estimate of drug-likeness (QED) is 0.418. The zero-order valence-corrected chi connectivity index (χ0v) is 18.5. The average molecular weight is 445 g/mol. The summed E-state index contributed by atoms with van der Waals surface area (Å²) in [5.74, 6) is 0.540. The number of thioether (sulfide) groups is 1. The van der Waals surface area contributed by atoms with Gasteiger partial charge in [0.2, 0.25) is 10.0 Å². The number of aryl methyl sites for hydroxylation is 1. The van der Waals surface area contributed by atoms with Gasteiger partial charge in [0.1, 0.15) is 10.5 Å². The van der Waals surface area contributed by atoms with E-state index in [2.05, 4.69) is 11.9 Å². The Morgan fingerprint density at radius 2 is 1.90 bits per heavy atom. The molecule has 1 aliphatic heterocycles. The fourth-order valence-corrected chi connectivity index (χ4v) is 5.92. The predicted molar refractivity (Wildman–Crippen MR) is 118 cm³/mol. The average Bonchev–Trinajstić information content (AvgIpc) is 2.77. The van der Waals surface area contributed by atoms with Crippen LogP contribution in [0.5, 0.6) is 0 Å². The van der Waals surface area contributed by atoms with Crippen LogP contribution in [0.3, 0.4) is 0 Å². The van der Waals surface area contributed by atoms with Crippen molar-refractivity contribution < 1.29 is 12.8 Å². The number of benzene rings is 1. The molecule has 0 spiro atoms. The summed E-state index contributed by atoms with van der Waals surface area (Å²) in [7, 11) is -3.48. The van der Waals surface area contributed by atoms with Crippen LogP contribution in [-0.2, 0) is 22.2 Å². The summed E-state index contributed by atoms with van der Waals surface area (Å²) in [5.41, 5.74) is 2.21. The van der Waals surface area contributed by atoms with Gasteiger partial charge in [-0.1, -0.05) is 25.5 Å². The minimum absolute atomic E-state index is 0.228. The van der Waals surface area contributed by atoms with Crippen molar-refractivity contribution in [1.82, 2.24) is 9.29 Å². The standard InChI is InChI=1S/C22H24N2O4S2/c1-2-16-6-8-19-17(13-22(25)28-20(19)12-16)15-29-21-9-7-18(14-23-21)30(26,27)24-10-4-3-5-11-24/h6-9,12-14H,2-5,10-11,15H2,1H3. The summed E-state index contributed by atoms with van der Waals surface area (Å²) in [5, 5.41) is 1.61. The van der Waals surface area contributed by atoms with Gasteiger partial charge in [-0.15, -0.1) is 11.8 Å². The van der Waals surface area contributed by atoms with Gasteiger partial charge in [0, 0.05) is 36.5 Å². The zero-order valence-electron chi connectivity index (χ0n) is 16.8. The molecule has 0 atom stereocenters. The van der Waals surface area contributed by atoms with Crippen LogP contribution in [-0.4, -0.2) is 30.8 Å². The predicted octanol–water partition coefficient (Wildman–Crippen LogP) is 4.22. The third kappa shape index (κ3) is 4.45. The normalized spacial score (nSPS) is 15.5. The SMILES string of the molecule is CCc1ccc2c(CSc3ccc(S(=O)(=O)N4CCCCC4)cn3)cc(=O)oc2c1. The molecule has 0 N–H and O–H groups in total. The highest BCUT2D eigenvalue weighted by Gasteiger charge is 2.26. The first-order chi connectivity index (χ1) is 14.5. The van der Waals surface area contributed by atoms with E-state index in [9.17, 15) is 13.2 Å². The Kier molecular flexibility index (Phi) is 6.26. The van der Waals surface area contributed by atoms with E-state index in [0.717, 1.165) is 42.2 Å². The molecule has 6 nitrogen and oxygen atoms in total. The van der Waals surface area contributed by atoms with Crippen LogP contribution in [0.25, 0.3) is 11.0 Å². The van der Waals surface area contributed by atoms with Crippen LogP contribution in [0.4, 0.5) is 0 Å². The van der Waals surface area contributed by atoms with Gasteiger partial charge in [-0.05, 0) is 48.6 Å². The van der Waals surface area contributed by atoms with Crippen LogP contribution >= 0.6 is 11.8 Å². The molecule has 4 rings (SSSR count). The van der Waals surface area contributed by atoms with Crippen LogP contribution in [0, 0.1) is 0 Å². The number of rotatable bonds is 6. The van der Waals surface area contributed by atoms with Gasteiger partial charge in [0.25, 0.3) is 0 Å². The Bertz CT molecular complexity index is 1200. The second-order valence-electron chi connectivity index (χ2n) is 7.36. The molecule has 0 aliphatic carbocycles. The maximum Gasteiger partial charge on any atom is 0.336 e. The van der Waals surface area contributed by atoms with Gasteiger partial charge in [0.05, 0.1) is 5.03 Å². The van der Waals surface area contributed by atoms with Crippen LogP contribution in [0.1, 0.15) is 37.3 Å². The van der Waals surface area contributed by atoms with Crippen molar-refractivity contribution in [2.24, 2.45) is 0 Å². The fourth-order valence-electron chi connectivity index (χ4n) is 3.62. The van der Waals surface area contributed by atoms with Crippen molar-refractivity contribution in [3.63, 3.8) is 0 Å². The number of hydrogen-bond acceptors (Lipinski definition) is 6. The summed E-state index contributed by atoms with van der Waals surface area (Å²) in [4.78, 5) is 16.5. The van der Waals surface area contributed by atoms with Crippen molar-refractivity contribution in [3.05, 3.63) is 64.1 Å². The van der Waals surface area contributed by atoms with E-state index in [4.69, 9.17) is 4.42 Å². The lowest BCUT2D eigenvalue weighted by Crippen LogP contribution is -2.35. The molecule has 158 valence electrons. The zero-order chi connectivity index (χ0) is 21.1. The molecule has 1 aliphatic rings. The summed E-state index contributed by atoms with van der Waals surface area (Å²) in [6, 6.07) is 10.8.